The zero-order valence-electron chi connectivity index (χ0n) is 9.95. The van der Waals surface area contributed by atoms with Crippen LogP contribution in [0.3, 0.4) is 0 Å². The van der Waals surface area contributed by atoms with E-state index in [4.69, 9.17) is 10.3 Å². The molecule has 0 aliphatic carbocycles. The van der Waals surface area contributed by atoms with Gasteiger partial charge in [-0.3, -0.25) is 0 Å². The highest BCUT2D eigenvalue weighted by atomic mass is 32.2. The topological polar surface area (TPSA) is 64.9 Å². The summed E-state index contributed by atoms with van der Waals surface area (Å²) < 4.78 is 5.23. The summed E-state index contributed by atoms with van der Waals surface area (Å²) in [5.41, 5.74) is 6.66. The van der Waals surface area contributed by atoms with Gasteiger partial charge < -0.3 is 10.3 Å². The Labute approximate surface area is 118 Å². The molecule has 0 spiro atoms. The minimum atomic E-state index is 0.576. The van der Waals surface area contributed by atoms with Crippen LogP contribution < -0.4 is 5.73 Å². The van der Waals surface area contributed by atoms with Gasteiger partial charge >= 0.3 is 0 Å². The van der Waals surface area contributed by atoms with Gasteiger partial charge in [-0.25, -0.2) is 0 Å². The highest BCUT2D eigenvalue weighted by molar-refractivity contribution is 7.98. The SMILES string of the molecule is Nc1ccccc1SCc1noc(-c2cccs2)n1. The lowest BCUT2D eigenvalue weighted by Crippen LogP contribution is -1.89. The molecule has 0 fully saturated rings. The quantitative estimate of drug-likeness (QED) is 0.586. The van der Waals surface area contributed by atoms with Crippen LogP contribution in [0.1, 0.15) is 5.82 Å². The number of hydrogen-bond donors (Lipinski definition) is 1. The molecule has 19 heavy (non-hydrogen) atoms. The van der Waals surface area contributed by atoms with Crippen LogP contribution in [-0.4, -0.2) is 10.1 Å². The lowest BCUT2D eigenvalue weighted by atomic mass is 10.3. The van der Waals surface area contributed by atoms with Crippen LogP contribution in [0.15, 0.2) is 51.2 Å². The molecule has 3 rings (SSSR count). The predicted molar refractivity (Wildman–Crippen MR) is 78.0 cm³/mol. The number of hydrogen-bond acceptors (Lipinski definition) is 6. The fraction of sp³-hybridized carbons (Fsp3) is 0.0769. The van der Waals surface area contributed by atoms with Crippen molar-refractivity contribution in [3.8, 4) is 10.8 Å². The zero-order chi connectivity index (χ0) is 13.1. The summed E-state index contributed by atoms with van der Waals surface area (Å²) in [6, 6.07) is 11.7. The molecule has 0 unspecified atom stereocenters. The van der Waals surface area contributed by atoms with Crippen molar-refractivity contribution >= 4 is 28.8 Å². The number of aromatic nitrogens is 2. The van der Waals surface area contributed by atoms with Crippen molar-refractivity contribution in [1.29, 1.82) is 0 Å². The Balaban J connectivity index is 1.70. The fourth-order valence-electron chi connectivity index (χ4n) is 1.57. The van der Waals surface area contributed by atoms with E-state index in [1.165, 1.54) is 0 Å². The summed E-state index contributed by atoms with van der Waals surface area (Å²) in [7, 11) is 0. The third-order valence-electron chi connectivity index (χ3n) is 2.48. The maximum atomic E-state index is 5.88. The molecule has 0 bridgehead atoms. The minimum Gasteiger partial charge on any atom is -0.398 e. The second kappa shape index (κ2) is 5.46. The van der Waals surface area contributed by atoms with Crippen molar-refractivity contribution in [1.82, 2.24) is 10.1 Å². The third kappa shape index (κ3) is 2.80. The molecule has 1 aromatic carbocycles. The summed E-state index contributed by atoms with van der Waals surface area (Å²) in [5, 5.41) is 5.96. The first-order chi connectivity index (χ1) is 9.33. The Hall–Kier alpha value is -1.79. The molecule has 96 valence electrons. The molecule has 2 N–H and O–H groups in total. The molecule has 0 aliphatic rings. The van der Waals surface area contributed by atoms with Gasteiger partial charge in [-0.05, 0) is 23.6 Å². The summed E-state index contributed by atoms with van der Waals surface area (Å²) >= 11 is 3.19. The molecular formula is C13H11N3OS2. The standard InChI is InChI=1S/C13H11N3OS2/c14-9-4-1-2-5-10(9)19-8-12-15-13(17-16-12)11-6-3-7-18-11/h1-7H,8,14H2. The molecule has 0 saturated heterocycles. The van der Waals surface area contributed by atoms with E-state index >= 15 is 0 Å². The predicted octanol–water partition coefficient (Wildman–Crippen LogP) is 3.67. The summed E-state index contributed by atoms with van der Waals surface area (Å²) in [6.07, 6.45) is 0. The Bertz CT molecular complexity index is 664. The Morgan fingerprint density at radius 3 is 2.89 bits per heavy atom. The van der Waals surface area contributed by atoms with Gasteiger partial charge in [-0.15, -0.1) is 23.1 Å². The summed E-state index contributed by atoms with van der Waals surface area (Å²) in [4.78, 5) is 6.39. The third-order valence-corrected chi connectivity index (χ3v) is 4.42. The molecule has 4 nitrogen and oxygen atoms in total. The summed E-state index contributed by atoms with van der Waals surface area (Å²) in [5.74, 6) is 1.89. The van der Waals surface area contributed by atoms with Crippen LogP contribution in [0.2, 0.25) is 0 Å². The van der Waals surface area contributed by atoms with Gasteiger partial charge in [0.05, 0.1) is 10.6 Å². The van der Waals surface area contributed by atoms with Crippen LogP contribution in [0, 0.1) is 0 Å². The number of nitrogens with two attached hydrogens (primary N) is 1. The molecule has 0 radical (unpaired) electrons. The summed E-state index contributed by atoms with van der Waals surface area (Å²) in [6.45, 7) is 0. The first-order valence-electron chi connectivity index (χ1n) is 5.67. The number of nitrogens with zero attached hydrogens (tertiary/aromatic N) is 2. The van der Waals surface area contributed by atoms with Crippen molar-refractivity contribution in [2.24, 2.45) is 0 Å². The number of thioether (sulfide) groups is 1. The Morgan fingerprint density at radius 2 is 2.11 bits per heavy atom. The highest BCUT2D eigenvalue weighted by Crippen LogP contribution is 2.28. The molecule has 0 amide bonds. The number of nitrogen functional groups attached to an aromatic ring is 1. The van der Waals surface area contributed by atoms with Crippen molar-refractivity contribution in [3.63, 3.8) is 0 Å². The van der Waals surface area contributed by atoms with E-state index in [1.54, 1.807) is 23.1 Å². The monoisotopic (exact) mass is 289 g/mol. The second-order valence-electron chi connectivity index (χ2n) is 3.82. The number of benzene rings is 1. The molecule has 0 aliphatic heterocycles. The molecule has 3 aromatic rings. The maximum absolute atomic E-state index is 5.88. The van der Waals surface area contributed by atoms with Gasteiger partial charge in [0.1, 0.15) is 0 Å². The highest BCUT2D eigenvalue weighted by Gasteiger charge is 2.10. The first-order valence-corrected chi connectivity index (χ1v) is 7.53. The van der Waals surface area contributed by atoms with Crippen LogP contribution in [0.4, 0.5) is 5.69 Å². The molecule has 6 heteroatoms. The number of rotatable bonds is 4. The van der Waals surface area contributed by atoms with Gasteiger partial charge in [0.2, 0.25) is 0 Å². The smallest absolute Gasteiger partial charge is 0.268 e. The second-order valence-corrected chi connectivity index (χ2v) is 5.78. The number of anilines is 1. The van der Waals surface area contributed by atoms with E-state index in [0.29, 0.717) is 17.5 Å². The van der Waals surface area contributed by atoms with Crippen LogP contribution >= 0.6 is 23.1 Å². The Kier molecular flexibility index (Phi) is 3.52. The van der Waals surface area contributed by atoms with Crippen LogP contribution in [-0.2, 0) is 5.75 Å². The van der Waals surface area contributed by atoms with Gasteiger partial charge in [0.25, 0.3) is 5.89 Å². The molecule has 0 atom stereocenters. The fourth-order valence-corrected chi connectivity index (χ4v) is 3.02. The molecule has 2 heterocycles. The normalized spacial score (nSPS) is 10.7. The van der Waals surface area contributed by atoms with Gasteiger partial charge in [-0.2, -0.15) is 4.98 Å². The van der Waals surface area contributed by atoms with Gasteiger partial charge in [0.15, 0.2) is 5.82 Å². The van der Waals surface area contributed by atoms with Crippen molar-refractivity contribution < 1.29 is 4.52 Å². The van der Waals surface area contributed by atoms with Crippen LogP contribution in [0.5, 0.6) is 0 Å². The van der Waals surface area contributed by atoms with E-state index in [9.17, 15) is 0 Å². The number of para-hydroxylation sites is 1. The van der Waals surface area contributed by atoms with E-state index in [0.717, 1.165) is 15.5 Å². The maximum Gasteiger partial charge on any atom is 0.268 e. The van der Waals surface area contributed by atoms with E-state index in [2.05, 4.69) is 10.1 Å². The van der Waals surface area contributed by atoms with E-state index in [1.807, 2.05) is 41.8 Å². The lowest BCUT2D eigenvalue weighted by molar-refractivity contribution is 0.426. The number of thiophene rings is 1. The zero-order valence-corrected chi connectivity index (χ0v) is 11.6. The molecule has 0 saturated carbocycles. The molecule has 2 aromatic heterocycles. The van der Waals surface area contributed by atoms with E-state index in [-0.39, 0.29) is 0 Å². The van der Waals surface area contributed by atoms with Crippen LogP contribution in [0.25, 0.3) is 10.8 Å². The van der Waals surface area contributed by atoms with Crippen molar-refractivity contribution in [2.75, 3.05) is 5.73 Å². The minimum absolute atomic E-state index is 0.576. The first kappa shape index (κ1) is 12.3. The molecular weight excluding hydrogens is 278 g/mol. The van der Waals surface area contributed by atoms with Gasteiger partial charge in [0, 0.05) is 10.6 Å². The van der Waals surface area contributed by atoms with Crippen molar-refractivity contribution in [2.45, 2.75) is 10.6 Å². The average Bonchev–Trinajstić information content (AvgIpc) is 3.09. The van der Waals surface area contributed by atoms with E-state index < -0.39 is 0 Å². The van der Waals surface area contributed by atoms with Gasteiger partial charge in [-0.1, -0.05) is 23.4 Å². The van der Waals surface area contributed by atoms with Crippen molar-refractivity contribution in [3.05, 3.63) is 47.6 Å². The average molecular weight is 289 g/mol. The largest absolute Gasteiger partial charge is 0.398 e. The lowest BCUT2D eigenvalue weighted by Gasteiger charge is -2.01. The Morgan fingerprint density at radius 1 is 1.21 bits per heavy atom.